The van der Waals surface area contributed by atoms with Crippen LogP contribution < -0.4 is 5.32 Å². The summed E-state index contributed by atoms with van der Waals surface area (Å²) >= 11 is 0. The molecule has 1 atom stereocenters. The number of hydrogen-bond donors (Lipinski definition) is 2. The van der Waals surface area contributed by atoms with Crippen LogP contribution in [0.15, 0.2) is 0 Å². The summed E-state index contributed by atoms with van der Waals surface area (Å²) in [5.74, 6) is 0.140. The van der Waals surface area contributed by atoms with E-state index < -0.39 is 5.60 Å². The third kappa shape index (κ3) is 5.16. The molecule has 0 bridgehead atoms. The molecule has 1 saturated carbocycles. The van der Waals surface area contributed by atoms with Crippen LogP contribution in [0.5, 0.6) is 0 Å². The molecular weight excluding hydrogens is 292 g/mol. The normalized spacial score (nSPS) is 29.5. The highest BCUT2D eigenvalue weighted by Gasteiger charge is 2.33. The van der Waals surface area contributed by atoms with Gasteiger partial charge in [0, 0.05) is 32.3 Å². The van der Waals surface area contributed by atoms with Crippen LogP contribution in [0.25, 0.3) is 0 Å². The topological polar surface area (TPSA) is 61.8 Å². The average Bonchev–Trinajstić information content (AvgIpc) is 3.02. The van der Waals surface area contributed by atoms with E-state index in [2.05, 4.69) is 10.2 Å². The fraction of sp³-hybridized carbons (Fsp3) is 0.944. The van der Waals surface area contributed by atoms with Crippen LogP contribution in [0.1, 0.15) is 64.2 Å². The van der Waals surface area contributed by atoms with Crippen molar-refractivity contribution < 1.29 is 14.6 Å². The number of carbonyl (C=O) groups is 1. The van der Waals surface area contributed by atoms with Crippen molar-refractivity contribution >= 4 is 5.91 Å². The van der Waals surface area contributed by atoms with Gasteiger partial charge in [-0.2, -0.15) is 0 Å². The molecule has 23 heavy (non-hydrogen) atoms. The van der Waals surface area contributed by atoms with Gasteiger partial charge in [-0.15, -0.1) is 0 Å². The summed E-state index contributed by atoms with van der Waals surface area (Å²) in [5, 5.41) is 13.8. The number of aliphatic hydroxyl groups is 1. The fourth-order valence-corrected chi connectivity index (χ4v) is 4.32. The van der Waals surface area contributed by atoms with Gasteiger partial charge in [0.2, 0.25) is 5.91 Å². The molecule has 0 spiro atoms. The number of nitrogens with zero attached hydrogens (tertiary/aromatic N) is 1. The van der Waals surface area contributed by atoms with Crippen LogP contribution >= 0.6 is 0 Å². The van der Waals surface area contributed by atoms with Gasteiger partial charge in [0.05, 0.1) is 18.1 Å². The maximum Gasteiger partial charge on any atom is 0.222 e. The Morgan fingerprint density at radius 3 is 2.52 bits per heavy atom. The predicted octanol–water partition coefficient (Wildman–Crippen LogP) is 1.83. The van der Waals surface area contributed by atoms with Crippen molar-refractivity contribution in [1.82, 2.24) is 10.2 Å². The second-order valence-electron chi connectivity index (χ2n) is 7.74. The molecule has 1 amide bonds. The van der Waals surface area contributed by atoms with Crippen LogP contribution in [0.2, 0.25) is 0 Å². The van der Waals surface area contributed by atoms with Crippen LogP contribution in [0.3, 0.4) is 0 Å². The smallest absolute Gasteiger partial charge is 0.222 e. The molecule has 0 aromatic carbocycles. The fourth-order valence-electron chi connectivity index (χ4n) is 4.32. The largest absolute Gasteiger partial charge is 0.389 e. The molecule has 2 aliphatic heterocycles. The third-order valence-corrected chi connectivity index (χ3v) is 5.69. The second-order valence-corrected chi connectivity index (χ2v) is 7.74. The number of β-amino-alcohol motifs (C(OH)–C–C–N with tert-alkyl or cyclic N) is 1. The molecular formula is C18H32N2O3. The van der Waals surface area contributed by atoms with Gasteiger partial charge in [0.1, 0.15) is 0 Å². The van der Waals surface area contributed by atoms with Gasteiger partial charge in [-0.05, 0) is 38.5 Å². The minimum atomic E-state index is -0.464. The molecule has 5 nitrogen and oxygen atoms in total. The number of amides is 1. The van der Waals surface area contributed by atoms with Crippen molar-refractivity contribution in [3.63, 3.8) is 0 Å². The summed E-state index contributed by atoms with van der Waals surface area (Å²) < 4.78 is 5.53. The van der Waals surface area contributed by atoms with Crippen molar-refractivity contribution in [2.75, 3.05) is 26.2 Å². The summed E-state index contributed by atoms with van der Waals surface area (Å²) in [6, 6.07) is 0.293. The lowest BCUT2D eigenvalue weighted by atomic mass is 9.84. The number of piperidine rings is 1. The molecule has 1 unspecified atom stereocenters. The van der Waals surface area contributed by atoms with Crippen molar-refractivity contribution in [3.05, 3.63) is 0 Å². The standard InChI is InChI=1S/C18H32N2O3/c21-17(13-16-5-4-12-23-16)19-15-6-10-20(11-7-15)14-18(22)8-2-1-3-9-18/h15-16,22H,1-14H2,(H,19,21). The van der Waals surface area contributed by atoms with Crippen LogP contribution in [0, 0.1) is 0 Å². The Hall–Kier alpha value is -0.650. The monoisotopic (exact) mass is 324 g/mol. The lowest BCUT2D eigenvalue weighted by Gasteiger charge is -2.40. The van der Waals surface area contributed by atoms with Gasteiger partial charge in [-0.3, -0.25) is 4.79 Å². The number of rotatable bonds is 5. The second kappa shape index (κ2) is 7.95. The number of nitrogens with one attached hydrogen (secondary N) is 1. The number of hydrogen-bond acceptors (Lipinski definition) is 4. The molecule has 5 heteroatoms. The number of likely N-dealkylation sites (tertiary alicyclic amines) is 1. The van der Waals surface area contributed by atoms with Crippen LogP contribution in [-0.2, 0) is 9.53 Å². The van der Waals surface area contributed by atoms with Gasteiger partial charge in [-0.25, -0.2) is 0 Å². The van der Waals surface area contributed by atoms with Crippen LogP contribution in [-0.4, -0.2) is 59.9 Å². The molecule has 132 valence electrons. The number of ether oxygens (including phenoxy) is 1. The molecule has 1 aliphatic carbocycles. The minimum absolute atomic E-state index is 0.135. The zero-order chi connectivity index (χ0) is 16.1. The van der Waals surface area contributed by atoms with Crippen molar-refractivity contribution in [2.24, 2.45) is 0 Å². The average molecular weight is 324 g/mol. The SMILES string of the molecule is O=C(CC1CCCO1)NC1CCN(CC2(O)CCCCC2)CC1. The summed E-state index contributed by atoms with van der Waals surface area (Å²) in [7, 11) is 0. The maximum atomic E-state index is 12.1. The summed E-state index contributed by atoms with van der Waals surface area (Å²) in [4.78, 5) is 14.5. The van der Waals surface area contributed by atoms with E-state index >= 15 is 0 Å². The molecule has 3 rings (SSSR count). The van der Waals surface area contributed by atoms with Crippen LogP contribution in [0.4, 0.5) is 0 Å². The molecule has 0 radical (unpaired) electrons. The van der Waals surface area contributed by atoms with Gasteiger partial charge in [0.25, 0.3) is 0 Å². The first-order chi connectivity index (χ1) is 11.1. The molecule has 2 saturated heterocycles. The van der Waals surface area contributed by atoms with E-state index in [1.807, 2.05) is 0 Å². The molecule has 2 N–H and O–H groups in total. The highest BCUT2D eigenvalue weighted by Crippen LogP contribution is 2.29. The molecule has 3 fully saturated rings. The summed E-state index contributed by atoms with van der Waals surface area (Å²) in [6.07, 6.45) is 10.2. The lowest BCUT2D eigenvalue weighted by Crippen LogP contribution is -2.50. The first kappa shape index (κ1) is 17.2. The quantitative estimate of drug-likeness (QED) is 0.810. The Kier molecular flexibility index (Phi) is 5.94. The van der Waals surface area contributed by atoms with Crippen molar-refractivity contribution in [3.8, 4) is 0 Å². The van der Waals surface area contributed by atoms with E-state index in [4.69, 9.17) is 4.74 Å². The van der Waals surface area contributed by atoms with E-state index in [9.17, 15) is 9.90 Å². The molecule has 3 aliphatic rings. The summed E-state index contributed by atoms with van der Waals surface area (Å²) in [5.41, 5.74) is -0.464. The lowest BCUT2D eigenvalue weighted by molar-refractivity contribution is -0.124. The zero-order valence-corrected chi connectivity index (χ0v) is 14.3. The van der Waals surface area contributed by atoms with Crippen molar-refractivity contribution in [1.29, 1.82) is 0 Å². The highest BCUT2D eigenvalue weighted by atomic mass is 16.5. The zero-order valence-electron chi connectivity index (χ0n) is 14.3. The Balaban J connectivity index is 1.35. The van der Waals surface area contributed by atoms with Gasteiger partial charge >= 0.3 is 0 Å². The summed E-state index contributed by atoms with van der Waals surface area (Å²) in [6.45, 7) is 3.57. The molecule has 0 aromatic rings. The first-order valence-electron chi connectivity index (χ1n) is 9.49. The maximum absolute atomic E-state index is 12.1. The number of carbonyl (C=O) groups excluding carboxylic acids is 1. The Morgan fingerprint density at radius 1 is 1.13 bits per heavy atom. The van der Waals surface area contributed by atoms with E-state index in [-0.39, 0.29) is 12.0 Å². The Morgan fingerprint density at radius 2 is 1.87 bits per heavy atom. The third-order valence-electron chi connectivity index (χ3n) is 5.69. The van der Waals surface area contributed by atoms with E-state index in [1.54, 1.807) is 0 Å². The van der Waals surface area contributed by atoms with E-state index in [0.29, 0.717) is 12.5 Å². The highest BCUT2D eigenvalue weighted by molar-refractivity contribution is 5.76. The Bertz CT molecular complexity index is 382. The van der Waals surface area contributed by atoms with E-state index in [1.165, 1.54) is 6.42 Å². The predicted molar refractivity (Wildman–Crippen MR) is 89.2 cm³/mol. The minimum Gasteiger partial charge on any atom is -0.389 e. The first-order valence-corrected chi connectivity index (χ1v) is 9.49. The van der Waals surface area contributed by atoms with E-state index in [0.717, 1.165) is 77.6 Å². The van der Waals surface area contributed by atoms with Gasteiger partial charge < -0.3 is 20.1 Å². The van der Waals surface area contributed by atoms with Gasteiger partial charge in [-0.1, -0.05) is 19.3 Å². The van der Waals surface area contributed by atoms with Gasteiger partial charge in [0.15, 0.2) is 0 Å². The molecule has 2 heterocycles. The Labute approximate surface area is 139 Å². The van der Waals surface area contributed by atoms with Crippen molar-refractivity contribution in [2.45, 2.75) is 82.0 Å². The molecule has 0 aromatic heterocycles.